The summed E-state index contributed by atoms with van der Waals surface area (Å²) in [6.45, 7) is 8.83. The molecule has 1 saturated carbocycles. The van der Waals surface area contributed by atoms with Crippen LogP contribution in [-0.2, 0) is 0 Å². The Hall–Kier alpha value is -0.530. The SMILES string of the molecule is Cc1ccc([C@@H](O)[C@@H]2[C@@H](C)CCCC2(C)C)cc1Cl. The normalized spacial score (nSPS) is 28.1. The lowest BCUT2D eigenvalue weighted by Gasteiger charge is -2.45. The maximum atomic E-state index is 10.8. The fourth-order valence-electron chi connectivity index (χ4n) is 3.74. The van der Waals surface area contributed by atoms with Gasteiger partial charge in [-0.25, -0.2) is 0 Å². The molecule has 0 spiro atoms. The number of hydrogen-bond acceptors (Lipinski definition) is 1. The third kappa shape index (κ3) is 2.98. The summed E-state index contributed by atoms with van der Waals surface area (Å²) >= 11 is 6.19. The van der Waals surface area contributed by atoms with Crippen LogP contribution in [0, 0.1) is 24.2 Å². The maximum Gasteiger partial charge on any atom is 0.0826 e. The molecule has 0 radical (unpaired) electrons. The Bertz CT molecular complexity index is 453. The summed E-state index contributed by atoms with van der Waals surface area (Å²) in [6, 6.07) is 5.95. The van der Waals surface area contributed by atoms with E-state index in [1.165, 1.54) is 19.3 Å². The van der Waals surface area contributed by atoms with Crippen molar-refractivity contribution in [2.45, 2.75) is 53.1 Å². The zero-order chi connectivity index (χ0) is 14.2. The Kier molecular flexibility index (Phi) is 4.27. The third-order valence-corrected chi connectivity index (χ3v) is 5.28. The summed E-state index contributed by atoms with van der Waals surface area (Å²) in [6.07, 6.45) is 3.26. The molecule has 3 atom stereocenters. The molecule has 1 aromatic carbocycles. The Labute approximate surface area is 122 Å². The average molecular weight is 281 g/mol. The second kappa shape index (κ2) is 5.46. The lowest BCUT2D eigenvalue weighted by atomic mass is 9.61. The van der Waals surface area contributed by atoms with Crippen LogP contribution in [-0.4, -0.2) is 5.11 Å². The monoisotopic (exact) mass is 280 g/mol. The van der Waals surface area contributed by atoms with Crippen LogP contribution in [0.3, 0.4) is 0 Å². The van der Waals surface area contributed by atoms with Crippen LogP contribution in [0.1, 0.15) is 57.3 Å². The first-order valence-electron chi connectivity index (χ1n) is 7.27. The van der Waals surface area contributed by atoms with Crippen molar-refractivity contribution in [1.29, 1.82) is 0 Å². The van der Waals surface area contributed by atoms with Crippen LogP contribution in [0.2, 0.25) is 5.02 Å². The summed E-state index contributed by atoms with van der Waals surface area (Å²) < 4.78 is 0. The minimum absolute atomic E-state index is 0.189. The number of aliphatic hydroxyl groups excluding tert-OH is 1. The summed E-state index contributed by atoms with van der Waals surface area (Å²) in [5.74, 6) is 0.860. The number of aliphatic hydroxyl groups is 1. The second-order valence-electron chi connectivity index (χ2n) is 6.84. The van der Waals surface area contributed by atoms with Gasteiger partial charge in [0.25, 0.3) is 0 Å². The van der Waals surface area contributed by atoms with Crippen LogP contribution in [0.15, 0.2) is 18.2 Å². The van der Waals surface area contributed by atoms with Crippen LogP contribution in [0.25, 0.3) is 0 Å². The molecule has 1 aliphatic rings. The zero-order valence-corrected chi connectivity index (χ0v) is 13.2. The maximum absolute atomic E-state index is 10.8. The highest BCUT2D eigenvalue weighted by Crippen LogP contribution is 2.49. The molecule has 1 N–H and O–H groups in total. The predicted molar refractivity (Wildman–Crippen MR) is 81.4 cm³/mol. The van der Waals surface area contributed by atoms with E-state index in [2.05, 4.69) is 20.8 Å². The van der Waals surface area contributed by atoms with Gasteiger partial charge in [0.2, 0.25) is 0 Å². The Morgan fingerprint density at radius 3 is 2.63 bits per heavy atom. The van der Waals surface area contributed by atoms with Crippen molar-refractivity contribution in [3.8, 4) is 0 Å². The largest absolute Gasteiger partial charge is 0.388 e. The van der Waals surface area contributed by atoms with E-state index in [0.29, 0.717) is 11.8 Å². The Morgan fingerprint density at radius 1 is 1.37 bits per heavy atom. The predicted octanol–water partition coefficient (Wildman–Crippen LogP) is 5.14. The van der Waals surface area contributed by atoms with Crippen molar-refractivity contribution < 1.29 is 5.11 Å². The molecule has 2 rings (SSSR count). The highest BCUT2D eigenvalue weighted by atomic mass is 35.5. The first-order chi connectivity index (χ1) is 8.83. The van der Waals surface area contributed by atoms with Gasteiger partial charge in [0.15, 0.2) is 0 Å². The van der Waals surface area contributed by atoms with Gasteiger partial charge in [0.1, 0.15) is 0 Å². The molecular weight excluding hydrogens is 256 g/mol. The van der Waals surface area contributed by atoms with Crippen molar-refractivity contribution in [2.24, 2.45) is 17.3 Å². The van der Waals surface area contributed by atoms with E-state index < -0.39 is 6.10 Å². The van der Waals surface area contributed by atoms with Crippen molar-refractivity contribution >= 4 is 11.6 Å². The second-order valence-corrected chi connectivity index (χ2v) is 7.24. The van der Waals surface area contributed by atoms with Gasteiger partial charge in [-0.15, -0.1) is 0 Å². The first kappa shape index (κ1) is 14.9. The smallest absolute Gasteiger partial charge is 0.0826 e. The van der Waals surface area contributed by atoms with Crippen LogP contribution < -0.4 is 0 Å². The van der Waals surface area contributed by atoms with Crippen molar-refractivity contribution in [1.82, 2.24) is 0 Å². The van der Waals surface area contributed by atoms with E-state index in [0.717, 1.165) is 16.1 Å². The molecule has 0 amide bonds. The molecule has 1 nitrogen and oxygen atoms in total. The zero-order valence-electron chi connectivity index (χ0n) is 12.4. The number of benzene rings is 1. The molecule has 1 fully saturated rings. The van der Waals surface area contributed by atoms with Gasteiger partial charge in [0.05, 0.1) is 6.10 Å². The molecule has 0 saturated heterocycles. The van der Waals surface area contributed by atoms with E-state index in [9.17, 15) is 5.11 Å². The van der Waals surface area contributed by atoms with E-state index in [4.69, 9.17) is 11.6 Å². The van der Waals surface area contributed by atoms with Gasteiger partial charge < -0.3 is 5.11 Å². The molecule has 0 heterocycles. The van der Waals surface area contributed by atoms with Crippen molar-refractivity contribution in [2.75, 3.05) is 0 Å². The molecule has 1 aromatic rings. The molecule has 19 heavy (non-hydrogen) atoms. The fourth-order valence-corrected chi connectivity index (χ4v) is 3.92. The van der Waals surface area contributed by atoms with Crippen LogP contribution in [0.4, 0.5) is 0 Å². The average Bonchev–Trinajstić information content (AvgIpc) is 2.31. The van der Waals surface area contributed by atoms with Gasteiger partial charge in [-0.05, 0) is 47.8 Å². The molecule has 106 valence electrons. The van der Waals surface area contributed by atoms with E-state index >= 15 is 0 Å². The third-order valence-electron chi connectivity index (χ3n) is 4.87. The number of halogens is 1. The molecule has 1 aliphatic carbocycles. The van der Waals surface area contributed by atoms with Crippen molar-refractivity contribution in [3.63, 3.8) is 0 Å². The topological polar surface area (TPSA) is 20.2 Å². The van der Waals surface area contributed by atoms with Crippen LogP contribution >= 0.6 is 11.6 Å². The molecule has 0 unspecified atom stereocenters. The van der Waals surface area contributed by atoms with Gasteiger partial charge in [0, 0.05) is 5.02 Å². The lowest BCUT2D eigenvalue weighted by Crippen LogP contribution is -2.37. The fraction of sp³-hybridized carbons (Fsp3) is 0.647. The van der Waals surface area contributed by atoms with Crippen LogP contribution in [0.5, 0.6) is 0 Å². The van der Waals surface area contributed by atoms with E-state index in [1.54, 1.807) is 0 Å². The first-order valence-corrected chi connectivity index (χ1v) is 7.65. The summed E-state index contributed by atoms with van der Waals surface area (Å²) in [5.41, 5.74) is 2.21. The van der Waals surface area contributed by atoms with Crippen molar-refractivity contribution in [3.05, 3.63) is 34.3 Å². The number of rotatable bonds is 2. The Balaban J connectivity index is 2.30. The van der Waals surface area contributed by atoms with E-state index in [1.807, 2.05) is 25.1 Å². The minimum Gasteiger partial charge on any atom is -0.388 e. The quantitative estimate of drug-likeness (QED) is 0.795. The summed E-state index contributed by atoms with van der Waals surface area (Å²) in [5, 5.41) is 11.6. The number of hydrogen-bond donors (Lipinski definition) is 1. The minimum atomic E-state index is -0.414. The Morgan fingerprint density at radius 2 is 2.05 bits per heavy atom. The number of aryl methyl sites for hydroxylation is 1. The summed E-state index contributed by atoms with van der Waals surface area (Å²) in [7, 11) is 0. The van der Waals surface area contributed by atoms with Gasteiger partial charge >= 0.3 is 0 Å². The molecule has 0 aromatic heterocycles. The van der Waals surface area contributed by atoms with Gasteiger partial charge in [-0.1, -0.05) is 57.3 Å². The lowest BCUT2D eigenvalue weighted by molar-refractivity contribution is -0.0292. The molecule has 0 bridgehead atoms. The highest BCUT2D eigenvalue weighted by molar-refractivity contribution is 6.31. The van der Waals surface area contributed by atoms with E-state index in [-0.39, 0.29) is 5.41 Å². The summed E-state index contributed by atoms with van der Waals surface area (Å²) in [4.78, 5) is 0. The molecular formula is C17H25ClO. The molecule has 0 aliphatic heterocycles. The highest BCUT2D eigenvalue weighted by Gasteiger charge is 2.41. The molecule has 2 heteroatoms. The van der Waals surface area contributed by atoms with Gasteiger partial charge in [-0.2, -0.15) is 0 Å². The standard InChI is InChI=1S/C17H25ClO/c1-11-7-8-13(10-14(11)18)16(19)15-12(2)6-5-9-17(15,3)4/h7-8,10,12,15-16,19H,5-6,9H2,1-4H3/t12-,15-,16+/m0/s1. The van der Waals surface area contributed by atoms with Gasteiger partial charge in [-0.3, -0.25) is 0 Å².